The fraction of sp³-hybridized carbons (Fsp3) is 0.600. The first-order valence-corrected chi connectivity index (χ1v) is 6.90. The highest BCUT2D eigenvalue weighted by atomic mass is 19.4. The number of ether oxygens (including phenoxy) is 1. The van der Waals surface area contributed by atoms with E-state index in [9.17, 15) is 13.2 Å². The van der Waals surface area contributed by atoms with Crippen LogP contribution in [0.4, 0.5) is 13.2 Å². The predicted molar refractivity (Wildman–Crippen MR) is 73.9 cm³/mol. The quantitative estimate of drug-likeness (QED) is 0.727. The van der Waals surface area contributed by atoms with Gasteiger partial charge in [0.2, 0.25) is 0 Å². The largest absolute Gasteiger partial charge is 0.492 e. The summed E-state index contributed by atoms with van der Waals surface area (Å²) in [4.78, 5) is 0. The van der Waals surface area contributed by atoms with E-state index in [1.54, 1.807) is 0 Å². The Morgan fingerprint density at radius 3 is 2.30 bits per heavy atom. The van der Waals surface area contributed by atoms with Gasteiger partial charge in [0.1, 0.15) is 12.4 Å². The van der Waals surface area contributed by atoms with Gasteiger partial charge in [0.15, 0.2) is 0 Å². The van der Waals surface area contributed by atoms with Crippen LogP contribution in [-0.4, -0.2) is 19.7 Å². The normalized spacial score (nSPS) is 11.9. The third-order valence-electron chi connectivity index (χ3n) is 2.86. The molecule has 0 unspecified atom stereocenters. The summed E-state index contributed by atoms with van der Waals surface area (Å²) >= 11 is 0. The van der Waals surface area contributed by atoms with Gasteiger partial charge >= 0.3 is 6.18 Å². The number of benzene rings is 1. The summed E-state index contributed by atoms with van der Waals surface area (Å²) in [6, 6.07) is 4.76. The maximum absolute atomic E-state index is 12.4. The van der Waals surface area contributed by atoms with E-state index in [0.717, 1.165) is 25.1 Å². The zero-order chi connectivity index (χ0) is 15.0. The summed E-state index contributed by atoms with van der Waals surface area (Å²) in [6.45, 7) is 6.46. The van der Waals surface area contributed by atoms with Crippen LogP contribution in [0.3, 0.4) is 0 Å². The van der Waals surface area contributed by atoms with Crippen LogP contribution < -0.4 is 10.1 Å². The van der Waals surface area contributed by atoms with Gasteiger partial charge in [0.25, 0.3) is 0 Å². The average Bonchev–Trinajstić information content (AvgIpc) is 2.37. The Kier molecular flexibility index (Phi) is 6.85. The monoisotopic (exact) mass is 289 g/mol. The zero-order valence-electron chi connectivity index (χ0n) is 12.0. The van der Waals surface area contributed by atoms with Crippen LogP contribution in [0, 0.1) is 5.92 Å². The Hall–Kier alpha value is -1.23. The van der Waals surface area contributed by atoms with E-state index in [1.807, 2.05) is 0 Å². The van der Waals surface area contributed by atoms with Crippen molar-refractivity contribution in [2.45, 2.75) is 32.9 Å². The van der Waals surface area contributed by atoms with Gasteiger partial charge < -0.3 is 10.1 Å². The molecule has 0 saturated carbocycles. The van der Waals surface area contributed by atoms with E-state index in [2.05, 4.69) is 19.2 Å². The molecule has 20 heavy (non-hydrogen) atoms. The van der Waals surface area contributed by atoms with Crippen molar-refractivity contribution in [1.29, 1.82) is 0 Å². The smallest absolute Gasteiger partial charge is 0.416 e. The SMILES string of the molecule is CC(C)CCCNCCOc1ccc(C(F)(F)F)cc1. The van der Waals surface area contributed by atoms with Crippen molar-refractivity contribution in [3.63, 3.8) is 0 Å². The lowest BCUT2D eigenvalue weighted by Gasteiger charge is -2.10. The topological polar surface area (TPSA) is 21.3 Å². The molecule has 0 aliphatic carbocycles. The van der Waals surface area contributed by atoms with Crippen molar-refractivity contribution in [3.8, 4) is 5.75 Å². The fourth-order valence-electron chi connectivity index (χ4n) is 1.74. The third kappa shape index (κ3) is 6.80. The van der Waals surface area contributed by atoms with Crippen molar-refractivity contribution in [3.05, 3.63) is 29.8 Å². The van der Waals surface area contributed by atoms with Crippen molar-refractivity contribution < 1.29 is 17.9 Å². The van der Waals surface area contributed by atoms with Gasteiger partial charge in [-0.05, 0) is 49.6 Å². The molecule has 5 heteroatoms. The highest BCUT2D eigenvalue weighted by Crippen LogP contribution is 2.30. The van der Waals surface area contributed by atoms with Gasteiger partial charge in [0.05, 0.1) is 5.56 Å². The van der Waals surface area contributed by atoms with Gasteiger partial charge in [-0.25, -0.2) is 0 Å². The Bertz CT molecular complexity index is 374. The number of alkyl halides is 3. The molecule has 114 valence electrons. The minimum Gasteiger partial charge on any atom is -0.492 e. The van der Waals surface area contributed by atoms with Crippen molar-refractivity contribution in [2.75, 3.05) is 19.7 Å². The lowest BCUT2D eigenvalue weighted by Crippen LogP contribution is -2.22. The van der Waals surface area contributed by atoms with E-state index < -0.39 is 11.7 Å². The van der Waals surface area contributed by atoms with Gasteiger partial charge in [0, 0.05) is 6.54 Å². The van der Waals surface area contributed by atoms with Crippen LogP contribution in [0.2, 0.25) is 0 Å². The molecule has 1 rings (SSSR count). The molecule has 2 nitrogen and oxygen atoms in total. The molecule has 0 fully saturated rings. The molecule has 0 saturated heterocycles. The minimum atomic E-state index is -4.30. The highest BCUT2D eigenvalue weighted by molar-refractivity contribution is 5.28. The predicted octanol–water partition coefficient (Wildman–Crippen LogP) is 4.11. The molecular weight excluding hydrogens is 267 g/mol. The van der Waals surface area contributed by atoms with E-state index in [1.165, 1.54) is 18.6 Å². The van der Waals surface area contributed by atoms with Crippen LogP contribution in [0.5, 0.6) is 5.75 Å². The molecule has 0 aromatic heterocycles. The molecule has 1 aromatic carbocycles. The summed E-state index contributed by atoms with van der Waals surface area (Å²) in [5, 5.41) is 3.24. The number of nitrogens with one attached hydrogen (secondary N) is 1. The number of halogens is 3. The molecule has 0 spiro atoms. The van der Waals surface area contributed by atoms with E-state index in [4.69, 9.17) is 4.74 Å². The molecule has 1 N–H and O–H groups in total. The van der Waals surface area contributed by atoms with Crippen molar-refractivity contribution >= 4 is 0 Å². The maximum atomic E-state index is 12.4. The first-order valence-electron chi connectivity index (χ1n) is 6.90. The minimum absolute atomic E-state index is 0.451. The van der Waals surface area contributed by atoms with E-state index >= 15 is 0 Å². The lowest BCUT2D eigenvalue weighted by atomic mass is 10.1. The van der Waals surface area contributed by atoms with Crippen LogP contribution >= 0.6 is 0 Å². The van der Waals surface area contributed by atoms with Crippen LogP contribution in [0.25, 0.3) is 0 Å². The zero-order valence-corrected chi connectivity index (χ0v) is 12.0. The highest BCUT2D eigenvalue weighted by Gasteiger charge is 2.29. The lowest BCUT2D eigenvalue weighted by molar-refractivity contribution is -0.137. The molecule has 1 aromatic rings. The molecular formula is C15H22F3NO. The van der Waals surface area contributed by atoms with Gasteiger partial charge in [-0.1, -0.05) is 13.8 Å². The van der Waals surface area contributed by atoms with Crippen molar-refractivity contribution in [2.24, 2.45) is 5.92 Å². The maximum Gasteiger partial charge on any atom is 0.416 e. The summed E-state index contributed by atoms with van der Waals surface area (Å²) in [5.74, 6) is 1.17. The second-order valence-corrected chi connectivity index (χ2v) is 5.16. The average molecular weight is 289 g/mol. The third-order valence-corrected chi connectivity index (χ3v) is 2.86. The molecule has 0 amide bonds. The Morgan fingerprint density at radius 2 is 1.75 bits per heavy atom. The molecule has 0 heterocycles. The second-order valence-electron chi connectivity index (χ2n) is 5.16. The first-order chi connectivity index (χ1) is 9.39. The van der Waals surface area contributed by atoms with Gasteiger partial charge in [-0.15, -0.1) is 0 Å². The van der Waals surface area contributed by atoms with Gasteiger partial charge in [-0.3, -0.25) is 0 Å². The van der Waals surface area contributed by atoms with E-state index in [-0.39, 0.29) is 0 Å². The molecule has 0 aliphatic heterocycles. The standard InChI is InChI=1S/C15H22F3NO/c1-12(2)4-3-9-19-10-11-20-14-7-5-13(6-8-14)15(16,17)18/h5-8,12,19H,3-4,9-11H2,1-2H3. The molecule has 0 aliphatic rings. The summed E-state index contributed by atoms with van der Waals surface area (Å²) in [6.07, 6.45) is -1.98. The molecule has 0 bridgehead atoms. The second kappa shape index (κ2) is 8.15. The van der Waals surface area contributed by atoms with Crippen LogP contribution in [0.15, 0.2) is 24.3 Å². The number of hydrogen-bond donors (Lipinski definition) is 1. The van der Waals surface area contributed by atoms with Gasteiger partial charge in [-0.2, -0.15) is 13.2 Å². The van der Waals surface area contributed by atoms with E-state index in [0.29, 0.717) is 24.8 Å². The van der Waals surface area contributed by atoms with Crippen molar-refractivity contribution in [1.82, 2.24) is 5.32 Å². The van der Waals surface area contributed by atoms with Crippen LogP contribution in [0.1, 0.15) is 32.3 Å². The summed E-state index contributed by atoms with van der Waals surface area (Å²) < 4.78 is 42.4. The van der Waals surface area contributed by atoms with Crippen LogP contribution in [-0.2, 0) is 6.18 Å². The Balaban J connectivity index is 2.16. The molecule has 0 atom stereocenters. The number of hydrogen-bond acceptors (Lipinski definition) is 2. The first kappa shape index (κ1) is 16.8. The Labute approximate surface area is 118 Å². The summed E-state index contributed by atoms with van der Waals surface area (Å²) in [5.41, 5.74) is -0.656. The number of rotatable bonds is 8. The fourth-order valence-corrected chi connectivity index (χ4v) is 1.74. The Morgan fingerprint density at radius 1 is 1.10 bits per heavy atom. The molecule has 0 radical (unpaired) electrons. The summed E-state index contributed by atoms with van der Waals surface area (Å²) in [7, 11) is 0.